The predicted molar refractivity (Wildman–Crippen MR) is 133 cm³/mol. The molecule has 1 N–H and O–H groups in total. The Morgan fingerprint density at radius 3 is 2.76 bits per heavy atom. The summed E-state index contributed by atoms with van der Waals surface area (Å²) in [6.07, 6.45) is 3.25. The summed E-state index contributed by atoms with van der Waals surface area (Å²) < 4.78 is 16.7. The van der Waals surface area contributed by atoms with E-state index in [4.69, 9.17) is 14.2 Å². The number of rotatable bonds is 7. The van der Waals surface area contributed by atoms with Crippen LogP contribution in [0.25, 0.3) is 0 Å². The van der Waals surface area contributed by atoms with Gasteiger partial charge < -0.3 is 19.1 Å². The van der Waals surface area contributed by atoms with Crippen LogP contribution in [0.2, 0.25) is 0 Å². The van der Waals surface area contributed by atoms with E-state index in [1.807, 2.05) is 37.9 Å². The molecule has 0 aliphatic carbocycles. The van der Waals surface area contributed by atoms with Crippen LogP contribution in [0.5, 0.6) is 5.75 Å². The first-order valence-corrected chi connectivity index (χ1v) is 11.8. The highest BCUT2D eigenvalue weighted by molar-refractivity contribution is 6.00. The highest BCUT2D eigenvalue weighted by Crippen LogP contribution is 2.29. The summed E-state index contributed by atoms with van der Waals surface area (Å²) in [4.78, 5) is 39.3. The average molecular weight is 508 g/mol. The second kappa shape index (κ2) is 11.1. The molecule has 37 heavy (non-hydrogen) atoms. The zero-order valence-electron chi connectivity index (χ0n) is 21.2. The van der Waals surface area contributed by atoms with Crippen molar-refractivity contribution in [2.24, 2.45) is 0 Å². The van der Waals surface area contributed by atoms with E-state index in [9.17, 15) is 14.9 Å². The lowest BCUT2D eigenvalue weighted by Crippen LogP contribution is -2.48. The Balaban J connectivity index is 1.53. The van der Waals surface area contributed by atoms with Crippen molar-refractivity contribution in [1.29, 1.82) is 5.26 Å². The van der Waals surface area contributed by atoms with Gasteiger partial charge in [-0.1, -0.05) is 6.07 Å². The highest BCUT2D eigenvalue weighted by atomic mass is 16.7. The molecule has 4 rings (SSSR count). The molecule has 0 unspecified atom stereocenters. The van der Waals surface area contributed by atoms with Gasteiger partial charge in [-0.15, -0.1) is 0 Å². The number of nitriles is 1. The van der Waals surface area contributed by atoms with E-state index in [0.29, 0.717) is 36.9 Å². The molecule has 12 heteroatoms. The van der Waals surface area contributed by atoms with Gasteiger partial charge in [-0.25, -0.2) is 14.8 Å². The third kappa shape index (κ3) is 6.07. The molecule has 0 radical (unpaired) electrons. The molecule has 194 valence electrons. The number of carbonyl (C=O) groups excluding carboxylic acids is 2. The lowest BCUT2D eigenvalue weighted by atomic mass is 10.1. The number of carbonyl (C=O) groups is 2. The van der Waals surface area contributed by atoms with Crippen molar-refractivity contribution in [1.82, 2.24) is 19.8 Å². The summed E-state index contributed by atoms with van der Waals surface area (Å²) >= 11 is 0. The van der Waals surface area contributed by atoms with Gasteiger partial charge >= 0.3 is 6.03 Å². The molecule has 0 saturated carbocycles. The summed E-state index contributed by atoms with van der Waals surface area (Å²) in [5.41, 5.74) is 1.50. The lowest BCUT2D eigenvalue weighted by Gasteiger charge is -2.32. The number of pyridine rings is 2. The SMILES string of the molecule is CC(C)Oc1cc(NC(=O)N(C)c2ccc(CN3CCN(C)CC3=O)c(C3OC=CO3)n2)ncc1C#N. The highest BCUT2D eigenvalue weighted by Gasteiger charge is 2.28. The summed E-state index contributed by atoms with van der Waals surface area (Å²) in [6, 6.07) is 6.54. The third-order valence-corrected chi connectivity index (χ3v) is 5.78. The number of amides is 3. The van der Waals surface area contributed by atoms with Crippen LogP contribution in [0, 0.1) is 11.3 Å². The maximum atomic E-state index is 13.0. The minimum atomic E-state index is -0.787. The molecular weight excluding hydrogens is 478 g/mol. The first-order chi connectivity index (χ1) is 17.7. The fourth-order valence-electron chi connectivity index (χ4n) is 3.82. The number of likely N-dealkylation sites (N-methyl/N-ethyl adjacent to an activating group) is 1. The Bertz CT molecular complexity index is 1230. The molecule has 2 aromatic heterocycles. The largest absolute Gasteiger partial charge is 0.489 e. The standard InChI is InChI=1S/C25H29N7O5/c1-16(2)37-19-11-20(27-13-18(19)12-26)28-25(34)31(4)21-6-5-17(23(29-21)24-35-9-10-36-24)14-32-8-7-30(3)15-22(32)33/h5-6,9-11,13,16,24H,7-8,14-15H2,1-4H3,(H,27,28,34). The fourth-order valence-corrected chi connectivity index (χ4v) is 3.82. The molecule has 0 bridgehead atoms. The second-order valence-corrected chi connectivity index (χ2v) is 8.98. The van der Waals surface area contributed by atoms with E-state index in [-0.39, 0.29) is 23.4 Å². The van der Waals surface area contributed by atoms with Gasteiger partial charge in [-0.2, -0.15) is 5.26 Å². The van der Waals surface area contributed by atoms with E-state index in [1.165, 1.54) is 29.7 Å². The molecule has 0 aromatic carbocycles. The molecule has 1 fully saturated rings. The second-order valence-electron chi connectivity index (χ2n) is 8.98. The van der Waals surface area contributed by atoms with E-state index in [0.717, 1.165) is 12.1 Å². The maximum Gasteiger partial charge on any atom is 0.328 e. The van der Waals surface area contributed by atoms with Crippen LogP contribution >= 0.6 is 0 Å². The van der Waals surface area contributed by atoms with Gasteiger partial charge in [0.15, 0.2) is 0 Å². The van der Waals surface area contributed by atoms with E-state index >= 15 is 0 Å². The van der Waals surface area contributed by atoms with Crippen LogP contribution in [0.3, 0.4) is 0 Å². The average Bonchev–Trinajstić information content (AvgIpc) is 3.40. The van der Waals surface area contributed by atoms with Crippen molar-refractivity contribution >= 4 is 23.6 Å². The van der Waals surface area contributed by atoms with Gasteiger partial charge in [-0.3, -0.25) is 19.9 Å². The van der Waals surface area contributed by atoms with Gasteiger partial charge in [0.2, 0.25) is 5.91 Å². The molecule has 2 aliphatic heterocycles. The van der Waals surface area contributed by atoms with Crippen molar-refractivity contribution in [3.05, 3.63) is 53.7 Å². The molecule has 0 atom stereocenters. The van der Waals surface area contributed by atoms with Crippen molar-refractivity contribution in [3.63, 3.8) is 0 Å². The minimum Gasteiger partial charge on any atom is -0.489 e. The van der Waals surface area contributed by atoms with E-state index in [2.05, 4.69) is 15.3 Å². The first kappa shape index (κ1) is 25.7. The van der Waals surface area contributed by atoms with Gasteiger partial charge in [0.25, 0.3) is 6.29 Å². The van der Waals surface area contributed by atoms with Gasteiger partial charge in [-0.05, 0) is 27.0 Å². The van der Waals surface area contributed by atoms with Crippen molar-refractivity contribution in [3.8, 4) is 11.8 Å². The number of aromatic nitrogens is 2. The van der Waals surface area contributed by atoms with Crippen LogP contribution in [-0.4, -0.2) is 71.5 Å². The van der Waals surface area contributed by atoms with Gasteiger partial charge in [0.05, 0.1) is 18.8 Å². The maximum absolute atomic E-state index is 13.0. The van der Waals surface area contributed by atoms with Crippen LogP contribution in [0.1, 0.15) is 37.0 Å². The summed E-state index contributed by atoms with van der Waals surface area (Å²) in [6.45, 7) is 5.77. The third-order valence-electron chi connectivity index (χ3n) is 5.78. The first-order valence-electron chi connectivity index (χ1n) is 11.8. The van der Waals surface area contributed by atoms with Crippen molar-refractivity contribution in [2.45, 2.75) is 32.8 Å². The monoisotopic (exact) mass is 507 g/mol. The summed E-state index contributed by atoms with van der Waals surface area (Å²) in [7, 11) is 3.48. The van der Waals surface area contributed by atoms with E-state index < -0.39 is 12.3 Å². The summed E-state index contributed by atoms with van der Waals surface area (Å²) in [5.74, 6) is 0.926. The Morgan fingerprint density at radius 2 is 2.08 bits per heavy atom. The van der Waals surface area contributed by atoms with Crippen LogP contribution in [0.4, 0.5) is 16.4 Å². The number of anilines is 2. The van der Waals surface area contributed by atoms with E-state index in [1.54, 1.807) is 18.0 Å². The zero-order valence-corrected chi connectivity index (χ0v) is 21.2. The van der Waals surface area contributed by atoms with Gasteiger partial charge in [0.1, 0.15) is 47.2 Å². The normalized spacial score (nSPS) is 15.8. The van der Waals surface area contributed by atoms with Crippen LogP contribution < -0.4 is 15.0 Å². The molecule has 0 spiro atoms. The Kier molecular flexibility index (Phi) is 7.74. The molecular formula is C25H29N7O5. The molecule has 1 saturated heterocycles. The smallest absolute Gasteiger partial charge is 0.328 e. The number of hydrogen-bond acceptors (Lipinski definition) is 9. The van der Waals surface area contributed by atoms with Crippen LogP contribution in [0.15, 0.2) is 36.9 Å². The predicted octanol–water partition coefficient (Wildman–Crippen LogP) is 2.59. The molecule has 2 aromatic rings. The van der Waals surface area contributed by atoms with Crippen LogP contribution in [-0.2, 0) is 20.8 Å². The number of piperazine rings is 1. The quantitative estimate of drug-likeness (QED) is 0.600. The number of nitrogens with one attached hydrogen (secondary N) is 1. The Labute approximate surface area is 215 Å². The molecule has 3 amide bonds. The molecule has 12 nitrogen and oxygen atoms in total. The molecule has 2 aliphatic rings. The zero-order chi connectivity index (χ0) is 26.5. The Hall–Kier alpha value is -4.37. The number of urea groups is 1. The minimum absolute atomic E-state index is 0.0300. The number of hydrogen-bond donors (Lipinski definition) is 1. The number of ether oxygens (including phenoxy) is 3. The molecule has 4 heterocycles. The lowest BCUT2D eigenvalue weighted by molar-refractivity contribution is -0.136. The fraction of sp³-hybridized carbons (Fsp3) is 0.400. The summed E-state index contributed by atoms with van der Waals surface area (Å²) in [5, 5.41) is 12.0. The van der Waals surface area contributed by atoms with Crippen molar-refractivity contribution < 1.29 is 23.8 Å². The van der Waals surface area contributed by atoms with Gasteiger partial charge in [0, 0.05) is 38.3 Å². The van der Waals surface area contributed by atoms with Crippen molar-refractivity contribution in [2.75, 3.05) is 43.9 Å². The number of nitrogens with zero attached hydrogens (tertiary/aromatic N) is 6. The Morgan fingerprint density at radius 1 is 1.32 bits per heavy atom. The topological polar surface area (TPSA) is 133 Å².